The molecule has 1 aromatic rings. The largest absolute Gasteiger partial charge is 0.401 e. The summed E-state index contributed by atoms with van der Waals surface area (Å²) in [5, 5.41) is 18.9. The van der Waals surface area contributed by atoms with E-state index in [9.17, 15) is 18.3 Å². The number of halogens is 3. The highest BCUT2D eigenvalue weighted by Gasteiger charge is 2.33. The van der Waals surface area contributed by atoms with Crippen LogP contribution in [0.3, 0.4) is 0 Å². The standard InChI is InChI=1S/C16H19F3N2O/c17-16(18,19)11-21(9-13-2-1-3-13)10-15(22)14-6-4-12(8-20)5-7-14/h4-7,13,15,22H,1-3,9-11H2. The van der Waals surface area contributed by atoms with E-state index in [2.05, 4.69) is 0 Å². The Labute approximate surface area is 128 Å². The van der Waals surface area contributed by atoms with Crippen LogP contribution in [0, 0.1) is 17.2 Å². The number of alkyl halides is 3. The topological polar surface area (TPSA) is 47.3 Å². The van der Waals surface area contributed by atoms with Crippen LogP contribution in [-0.2, 0) is 0 Å². The zero-order valence-electron chi connectivity index (χ0n) is 12.2. The molecule has 1 N–H and O–H groups in total. The first-order valence-corrected chi connectivity index (χ1v) is 7.34. The molecule has 0 amide bonds. The molecule has 0 radical (unpaired) electrons. The van der Waals surface area contributed by atoms with Crippen LogP contribution in [0.2, 0.25) is 0 Å². The number of benzene rings is 1. The number of nitriles is 1. The number of aliphatic hydroxyl groups excluding tert-OH is 1. The fourth-order valence-corrected chi connectivity index (χ4v) is 2.63. The van der Waals surface area contributed by atoms with Crippen LogP contribution in [0.25, 0.3) is 0 Å². The van der Waals surface area contributed by atoms with Crippen LogP contribution < -0.4 is 0 Å². The van der Waals surface area contributed by atoms with Crippen molar-refractivity contribution in [1.82, 2.24) is 4.90 Å². The molecule has 1 aliphatic carbocycles. The molecule has 22 heavy (non-hydrogen) atoms. The monoisotopic (exact) mass is 312 g/mol. The van der Waals surface area contributed by atoms with Crippen molar-refractivity contribution < 1.29 is 18.3 Å². The normalized spacial score (nSPS) is 17.1. The second-order valence-corrected chi connectivity index (χ2v) is 5.86. The zero-order chi connectivity index (χ0) is 16.2. The van der Waals surface area contributed by atoms with Crippen molar-refractivity contribution in [3.63, 3.8) is 0 Å². The van der Waals surface area contributed by atoms with Gasteiger partial charge in [0.15, 0.2) is 0 Å². The Bertz CT molecular complexity index is 518. The van der Waals surface area contributed by atoms with Gasteiger partial charge in [-0.3, -0.25) is 4.90 Å². The van der Waals surface area contributed by atoms with Crippen LogP contribution in [0.5, 0.6) is 0 Å². The SMILES string of the molecule is N#Cc1ccc(C(O)CN(CC2CCC2)CC(F)(F)F)cc1. The molecule has 120 valence electrons. The van der Waals surface area contributed by atoms with Gasteiger partial charge in [0, 0.05) is 13.1 Å². The summed E-state index contributed by atoms with van der Waals surface area (Å²) in [7, 11) is 0. The van der Waals surface area contributed by atoms with Gasteiger partial charge in [-0.1, -0.05) is 18.6 Å². The lowest BCUT2D eigenvalue weighted by Crippen LogP contribution is -2.41. The molecular weight excluding hydrogens is 293 g/mol. The summed E-state index contributed by atoms with van der Waals surface area (Å²) in [6.07, 6.45) is -2.27. The molecule has 2 rings (SSSR count). The van der Waals surface area contributed by atoms with E-state index in [-0.39, 0.29) is 6.54 Å². The molecule has 0 aromatic heterocycles. The first kappa shape index (κ1) is 16.8. The maximum atomic E-state index is 12.7. The van der Waals surface area contributed by atoms with Crippen LogP contribution in [-0.4, -0.2) is 35.8 Å². The summed E-state index contributed by atoms with van der Waals surface area (Å²) in [6.45, 7) is -0.689. The molecule has 0 heterocycles. The summed E-state index contributed by atoms with van der Waals surface area (Å²) >= 11 is 0. The van der Waals surface area contributed by atoms with Gasteiger partial charge in [-0.05, 0) is 36.5 Å². The van der Waals surface area contributed by atoms with Crippen molar-refractivity contribution in [2.24, 2.45) is 5.92 Å². The minimum absolute atomic E-state index is 0.0537. The van der Waals surface area contributed by atoms with Gasteiger partial charge in [0.1, 0.15) is 0 Å². The van der Waals surface area contributed by atoms with E-state index in [4.69, 9.17) is 5.26 Å². The van der Waals surface area contributed by atoms with Gasteiger partial charge in [-0.2, -0.15) is 18.4 Å². The molecule has 0 bridgehead atoms. The van der Waals surface area contributed by atoms with E-state index in [0.29, 0.717) is 23.6 Å². The van der Waals surface area contributed by atoms with Crippen molar-refractivity contribution in [1.29, 1.82) is 5.26 Å². The van der Waals surface area contributed by atoms with E-state index in [1.807, 2.05) is 6.07 Å². The average Bonchev–Trinajstić information content (AvgIpc) is 2.41. The van der Waals surface area contributed by atoms with Gasteiger partial charge >= 0.3 is 6.18 Å². The van der Waals surface area contributed by atoms with Gasteiger partial charge < -0.3 is 5.11 Å². The number of hydrogen-bond donors (Lipinski definition) is 1. The highest BCUT2D eigenvalue weighted by Crippen LogP contribution is 2.29. The van der Waals surface area contributed by atoms with Crippen LogP contribution in [0.15, 0.2) is 24.3 Å². The molecular formula is C16H19F3N2O. The highest BCUT2D eigenvalue weighted by molar-refractivity contribution is 5.32. The summed E-state index contributed by atoms with van der Waals surface area (Å²) < 4.78 is 38.0. The molecule has 1 aliphatic rings. The van der Waals surface area contributed by atoms with Gasteiger partial charge in [-0.15, -0.1) is 0 Å². The molecule has 3 nitrogen and oxygen atoms in total. The summed E-state index contributed by atoms with van der Waals surface area (Å²) in [5.41, 5.74) is 0.984. The maximum Gasteiger partial charge on any atom is 0.401 e. The fraction of sp³-hybridized carbons (Fsp3) is 0.562. The highest BCUT2D eigenvalue weighted by atomic mass is 19.4. The molecule has 1 unspecified atom stereocenters. The fourth-order valence-electron chi connectivity index (χ4n) is 2.63. The third kappa shape index (κ3) is 5.00. The van der Waals surface area contributed by atoms with Crippen molar-refractivity contribution in [3.05, 3.63) is 35.4 Å². The maximum absolute atomic E-state index is 12.7. The third-order valence-electron chi connectivity index (χ3n) is 4.00. The first-order chi connectivity index (χ1) is 10.4. The van der Waals surface area contributed by atoms with E-state index in [0.717, 1.165) is 19.3 Å². The van der Waals surface area contributed by atoms with Crippen LogP contribution in [0.4, 0.5) is 13.2 Å². The summed E-state index contributed by atoms with van der Waals surface area (Å²) in [5.74, 6) is 0.301. The van der Waals surface area contributed by atoms with Gasteiger partial charge in [0.25, 0.3) is 0 Å². The Morgan fingerprint density at radius 2 is 1.91 bits per heavy atom. The van der Waals surface area contributed by atoms with Crippen molar-refractivity contribution in [2.75, 3.05) is 19.6 Å². The summed E-state index contributed by atoms with van der Waals surface area (Å²) in [6, 6.07) is 8.24. The Morgan fingerprint density at radius 3 is 2.36 bits per heavy atom. The Balaban J connectivity index is 1.98. The van der Waals surface area contributed by atoms with E-state index in [1.165, 1.54) is 4.90 Å². The minimum Gasteiger partial charge on any atom is -0.387 e. The predicted molar refractivity (Wildman–Crippen MR) is 76.0 cm³/mol. The van der Waals surface area contributed by atoms with Gasteiger partial charge in [-0.25, -0.2) is 0 Å². The number of hydrogen-bond acceptors (Lipinski definition) is 3. The van der Waals surface area contributed by atoms with Gasteiger partial charge in [0.05, 0.1) is 24.3 Å². The lowest BCUT2D eigenvalue weighted by Gasteiger charge is -2.33. The van der Waals surface area contributed by atoms with E-state index < -0.39 is 18.8 Å². The molecule has 0 aliphatic heterocycles. The molecule has 1 fully saturated rings. The molecule has 1 saturated carbocycles. The minimum atomic E-state index is -4.27. The smallest absolute Gasteiger partial charge is 0.387 e. The average molecular weight is 312 g/mol. The van der Waals surface area contributed by atoms with E-state index in [1.54, 1.807) is 24.3 Å². The van der Waals surface area contributed by atoms with Crippen molar-refractivity contribution in [2.45, 2.75) is 31.5 Å². The quantitative estimate of drug-likeness (QED) is 0.877. The Kier molecular flexibility index (Phi) is 5.43. The second-order valence-electron chi connectivity index (χ2n) is 5.86. The zero-order valence-corrected chi connectivity index (χ0v) is 12.2. The number of rotatable bonds is 6. The lowest BCUT2D eigenvalue weighted by molar-refractivity contribution is -0.150. The van der Waals surface area contributed by atoms with Crippen molar-refractivity contribution >= 4 is 0 Å². The molecule has 6 heteroatoms. The number of nitrogens with zero attached hydrogens (tertiary/aromatic N) is 2. The molecule has 0 saturated heterocycles. The molecule has 1 aromatic carbocycles. The Morgan fingerprint density at radius 1 is 1.27 bits per heavy atom. The van der Waals surface area contributed by atoms with E-state index >= 15 is 0 Å². The predicted octanol–water partition coefficient (Wildman–Crippen LogP) is 3.26. The number of aliphatic hydroxyl groups is 1. The van der Waals surface area contributed by atoms with Gasteiger partial charge in [0.2, 0.25) is 0 Å². The Hall–Kier alpha value is -1.58. The third-order valence-corrected chi connectivity index (χ3v) is 4.00. The second kappa shape index (κ2) is 7.12. The lowest BCUT2D eigenvalue weighted by atomic mass is 9.85. The first-order valence-electron chi connectivity index (χ1n) is 7.34. The molecule has 1 atom stereocenters. The van der Waals surface area contributed by atoms with Crippen LogP contribution in [0.1, 0.15) is 36.5 Å². The van der Waals surface area contributed by atoms with Crippen molar-refractivity contribution in [3.8, 4) is 6.07 Å². The molecule has 0 spiro atoms. The summed E-state index contributed by atoms with van der Waals surface area (Å²) in [4.78, 5) is 1.28. The van der Waals surface area contributed by atoms with Crippen LogP contribution >= 0.6 is 0 Å².